The van der Waals surface area contributed by atoms with Gasteiger partial charge in [0, 0.05) is 21.4 Å². The van der Waals surface area contributed by atoms with Gasteiger partial charge in [-0.25, -0.2) is 4.79 Å². The third-order valence-electron chi connectivity index (χ3n) is 5.08. The molecule has 168 valence electrons. The summed E-state index contributed by atoms with van der Waals surface area (Å²) in [7, 11) is 0. The van der Waals surface area contributed by atoms with Gasteiger partial charge in [0.25, 0.3) is 5.91 Å². The zero-order valence-corrected chi connectivity index (χ0v) is 19.4. The van der Waals surface area contributed by atoms with Crippen LogP contribution in [0.25, 0.3) is 0 Å². The number of hydrogen-bond acceptors (Lipinski definition) is 5. The van der Waals surface area contributed by atoms with Crippen LogP contribution < -0.4 is 10.2 Å². The lowest BCUT2D eigenvalue weighted by molar-refractivity contribution is -0.119. The van der Waals surface area contributed by atoms with Gasteiger partial charge in [-0.05, 0) is 48.9 Å². The maximum absolute atomic E-state index is 13.5. The van der Waals surface area contributed by atoms with E-state index in [0.717, 1.165) is 15.4 Å². The number of fused-ring (bicyclic) bond motifs is 2. The highest BCUT2D eigenvalue weighted by atomic mass is 35.5. The molecule has 0 radical (unpaired) electrons. The molecule has 6 nitrogen and oxygen atoms in total. The van der Waals surface area contributed by atoms with Crippen LogP contribution in [0.15, 0.2) is 76.5 Å². The minimum absolute atomic E-state index is 0.211. The molecule has 8 heteroatoms. The maximum Gasteiger partial charge on any atom is 0.338 e. The molecular formula is C25H21ClN2O4S. The van der Waals surface area contributed by atoms with Crippen molar-refractivity contribution in [3.05, 3.63) is 88.4 Å². The van der Waals surface area contributed by atoms with E-state index in [-0.39, 0.29) is 31.5 Å². The van der Waals surface area contributed by atoms with Crippen molar-refractivity contribution >= 4 is 46.8 Å². The van der Waals surface area contributed by atoms with Crippen molar-refractivity contribution in [3.63, 3.8) is 0 Å². The molecule has 0 spiro atoms. The van der Waals surface area contributed by atoms with E-state index in [1.165, 1.54) is 16.7 Å². The Morgan fingerprint density at radius 2 is 1.79 bits per heavy atom. The molecule has 0 aromatic heterocycles. The number of rotatable bonds is 6. The molecule has 3 aromatic rings. The Hall–Kier alpha value is -3.29. The zero-order valence-electron chi connectivity index (χ0n) is 17.8. The smallest absolute Gasteiger partial charge is 0.338 e. The number of benzene rings is 3. The highest BCUT2D eigenvalue weighted by Crippen LogP contribution is 2.41. The van der Waals surface area contributed by atoms with Gasteiger partial charge in [0.2, 0.25) is 5.91 Å². The first-order valence-electron chi connectivity index (χ1n) is 10.4. The SMILES string of the molecule is CCOC(=O)c1ccc2c(c1)N(CC(=O)NCc1ccccc1Cl)C(=O)c1ccccc1S2. The Morgan fingerprint density at radius 3 is 2.58 bits per heavy atom. The fourth-order valence-electron chi connectivity index (χ4n) is 3.45. The normalized spacial score (nSPS) is 12.4. The van der Waals surface area contributed by atoms with E-state index in [4.69, 9.17) is 16.3 Å². The summed E-state index contributed by atoms with van der Waals surface area (Å²) in [4.78, 5) is 41.6. The maximum atomic E-state index is 13.5. The lowest BCUT2D eigenvalue weighted by Gasteiger charge is -2.23. The molecule has 1 heterocycles. The standard InChI is InChI=1S/C25H21ClN2O4S/c1-2-32-25(31)16-11-12-22-20(13-16)28(24(30)18-8-4-6-10-21(18)33-22)15-23(29)27-14-17-7-3-5-9-19(17)26/h3-13H,2,14-15H2,1H3,(H,27,29). The molecule has 0 fully saturated rings. The number of halogens is 1. The number of esters is 1. The van der Waals surface area contributed by atoms with Crippen molar-refractivity contribution in [1.29, 1.82) is 0 Å². The fraction of sp³-hybridized carbons (Fsp3) is 0.160. The van der Waals surface area contributed by atoms with E-state index in [9.17, 15) is 14.4 Å². The van der Waals surface area contributed by atoms with E-state index in [1.807, 2.05) is 30.3 Å². The summed E-state index contributed by atoms with van der Waals surface area (Å²) >= 11 is 7.60. The van der Waals surface area contributed by atoms with Crippen LogP contribution in [0.4, 0.5) is 5.69 Å². The predicted octanol–water partition coefficient (Wildman–Crippen LogP) is 4.94. The molecule has 1 aliphatic heterocycles. The first-order valence-corrected chi connectivity index (χ1v) is 11.6. The molecule has 1 aliphatic rings. The third kappa shape index (κ3) is 5.05. The largest absolute Gasteiger partial charge is 0.462 e. The average molecular weight is 481 g/mol. The molecule has 2 amide bonds. The Kier molecular flexibility index (Phi) is 7.01. The first-order chi connectivity index (χ1) is 16.0. The number of amides is 2. The molecule has 0 saturated heterocycles. The summed E-state index contributed by atoms with van der Waals surface area (Å²) in [6.07, 6.45) is 0. The van der Waals surface area contributed by atoms with Crippen LogP contribution in [0, 0.1) is 0 Å². The average Bonchev–Trinajstić information content (AvgIpc) is 2.93. The van der Waals surface area contributed by atoms with E-state index >= 15 is 0 Å². The molecule has 0 atom stereocenters. The Labute approximate surface area is 200 Å². The molecule has 0 bridgehead atoms. The van der Waals surface area contributed by atoms with Crippen LogP contribution in [0.1, 0.15) is 33.2 Å². The first kappa shape index (κ1) is 22.9. The van der Waals surface area contributed by atoms with Gasteiger partial charge in [-0.3, -0.25) is 14.5 Å². The number of carbonyl (C=O) groups excluding carboxylic acids is 3. The monoisotopic (exact) mass is 480 g/mol. The molecule has 0 saturated carbocycles. The molecule has 1 N–H and O–H groups in total. The van der Waals surface area contributed by atoms with Gasteiger partial charge in [0.05, 0.1) is 23.4 Å². The second-order valence-corrected chi connectivity index (χ2v) is 8.75. The Balaban J connectivity index is 1.65. The number of hydrogen-bond donors (Lipinski definition) is 1. The van der Waals surface area contributed by atoms with Gasteiger partial charge < -0.3 is 10.1 Å². The van der Waals surface area contributed by atoms with Gasteiger partial charge in [-0.2, -0.15) is 0 Å². The van der Waals surface area contributed by atoms with Crippen molar-refractivity contribution in [2.75, 3.05) is 18.1 Å². The number of carbonyl (C=O) groups is 3. The summed E-state index contributed by atoms with van der Waals surface area (Å²) in [5.41, 5.74) is 2.08. The summed E-state index contributed by atoms with van der Waals surface area (Å²) in [5, 5.41) is 3.38. The zero-order chi connectivity index (χ0) is 23.4. The summed E-state index contributed by atoms with van der Waals surface area (Å²) in [6.45, 7) is 2.00. The molecule has 3 aromatic carbocycles. The quantitative estimate of drug-likeness (QED) is 0.505. The van der Waals surface area contributed by atoms with E-state index < -0.39 is 5.97 Å². The second-order valence-electron chi connectivity index (χ2n) is 7.26. The van der Waals surface area contributed by atoms with Gasteiger partial charge >= 0.3 is 5.97 Å². The van der Waals surface area contributed by atoms with Crippen molar-refractivity contribution in [2.45, 2.75) is 23.3 Å². The highest BCUT2D eigenvalue weighted by molar-refractivity contribution is 7.99. The van der Waals surface area contributed by atoms with Crippen molar-refractivity contribution in [2.24, 2.45) is 0 Å². The van der Waals surface area contributed by atoms with Gasteiger partial charge in [-0.1, -0.05) is 53.7 Å². The van der Waals surface area contributed by atoms with E-state index in [2.05, 4.69) is 5.32 Å². The summed E-state index contributed by atoms with van der Waals surface area (Å²) in [5.74, 6) is -1.14. The predicted molar refractivity (Wildman–Crippen MR) is 128 cm³/mol. The van der Waals surface area contributed by atoms with Crippen LogP contribution in [0.2, 0.25) is 5.02 Å². The molecule has 4 rings (SSSR count). The molecule has 0 aliphatic carbocycles. The number of ether oxygens (including phenoxy) is 1. The molecule has 33 heavy (non-hydrogen) atoms. The number of anilines is 1. The number of nitrogens with zero attached hydrogens (tertiary/aromatic N) is 1. The minimum Gasteiger partial charge on any atom is -0.462 e. The van der Waals surface area contributed by atoms with Crippen LogP contribution >= 0.6 is 23.4 Å². The molecule has 0 unspecified atom stereocenters. The van der Waals surface area contributed by atoms with E-state index in [1.54, 1.807) is 43.3 Å². The van der Waals surface area contributed by atoms with Crippen molar-refractivity contribution in [1.82, 2.24) is 5.32 Å². The summed E-state index contributed by atoms with van der Waals surface area (Å²) < 4.78 is 5.11. The van der Waals surface area contributed by atoms with E-state index in [0.29, 0.717) is 21.8 Å². The lowest BCUT2D eigenvalue weighted by Crippen LogP contribution is -2.40. The van der Waals surface area contributed by atoms with Gasteiger partial charge in [0.15, 0.2) is 0 Å². The topological polar surface area (TPSA) is 75.7 Å². The van der Waals surface area contributed by atoms with Gasteiger partial charge in [-0.15, -0.1) is 0 Å². The van der Waals surface area contributed by atoms with Gasteiger partial charge in [0.1, 0.15) is 6.54 Å². The number of nitrogens with one attached hydrogen (secondary N) is 1. The lowest BCUT2D eigenvalue weighted by atomic mass is 10.1. The third-order valence-corrected chi connectivity index (χ3v) is 6.59. The van der Waals surface area contributed by atoms with Crippen LogP contribution in [0.3, 0.4) is 0 Å². The molecular weight excluding hydrogens is 460 g/mol. The minimum atomic E-state index is -0.484. The van der Waals surface area contributed by atoms with Crippen molar-refractivity contribution in [3.8, 4) is 0 Å². The summed E-state index contributed by atoms with van der Waals surface area (Å²) in [6, 6.07) is 19.5. The van der Waals surface area contributed by atoms with Crippen LogP contribution in [0.5, 0.6) is 0 Å². The van der Waals surface area contributed by atoms with Crippen LogP contribution in [-0.4, -0.2) is 30.9 Å². The fourth-order valence-corrected chi connectivity index (χ4v) is 4.71. The Bertz CT molecular complexity index is 1230. The van der Waals surface area contributed by atoms with Crippen LogP contribution in [-0.2, 0) is 16.1 Å². The highest BCUT2D eigenvalue weighted by Gasteiger charge is 2.29. The Morgan fingerprint density at radius 1 is 1.03 bits per heavy atom. The second kappa shape index (κ2) is 10.1. The van der Waals surface area contributed by atoms with Crippen molar-refractivity contribution < 1.29 is 19.1 Å².